The van der Waals surface area contributed by atoms with Crippen LogP contribution in [0.3, 0.4) is 0 Å². The van der Waals surface area contributed by atoms with Crippen molar-refractivity contribution in [1.29, 1.82) is 0 Å². The zero-order valence-electron chi connectivity index (χ0n) is 12.0. The van der Waals surface area contributed by atoms with Gasteiger partial charge in [-0.15, -0.1) is 10.2 Å². The molecule has 6 nitrogen and oxygen atoms in total. The first-order valence-electron chi connectivity index (χ1n) is 7.65. The van der Waals surface area contributed by atoms with E-state index in [0.29, 0.717) is 6.04 Å². The number of pyridine rings is 1. The molecule has 1 aliphatic carbocycles. The van der Waals surface area contributed by atoms with E-state index in [1.807, 2.05) is 28.8 Å². The van der Waals surface area contributed by atoms with Crippen molar-refractivity contribution in [3.05, 3.63) is 30.2 Å². The summed E-state index contributed by atoms with van der Waals surface area (Å²) in [4.78, 5) is 0. The maximum absolute atomic E-state index is 5.76. The summed E-state index contributed by atoms with van der Waals surface area (Å²) in [5.74, 6) is 0.680. The van der Waals surface area contributed by atoms with Gasteiger partial charge in [0.25, 0.3) is 0 Å². The second-order valence-electron chi connectivity index (χ2n) is 5.81. The molecule has 0 aromatic carbocycles. The molecule has 0 radical (unpaired) electrons. The summed E-state index contributed by atoms with van der Waals surface area (Å²) in [7, 11) is 0. The molecule has 1 saturated heterocycles. The van der Waals surface area contributed by atoms with Crippen LogP contribution in [0.15, 0.2) is 24.4 Å². The first-order chi connectivity index (χ1) is 10.3. The second-order valence-corrected chi connectivity index (χ2v) is 5.81. The minimum Gasteiger partial charge on any atom is -0.348 e. The first-order valence-corrected chi connectivity index (χ1v) is 7.65. The van der Waals surface area contributed by atoms with E-state index >= 15 is 0 Å². The van der Waals surface area contributed by atoms with Crippen molar-refractivity contribution in [2.45, 2.75) is 44.1 Å². The normalized spacial score (nSPS) is 22.3. The predicted octanol–water partition coefficient (Wildman–Crippen LogP) is 1.50. The molecule has 2 fully saturated rings. The van der Waals surface area contributed by atoms with Gasteiger partial charge < -0.3 is 14.8 Å². The Bertz CT molecular complexity index is 611. The molecular weight excluding hydrogens is 268 g/mol. The van der Waals surface area contributed by atoms with Crippen LogP contribution in [0.25, 0.3) is 5.65 Å². The van der Waals surface area contributed by atoms with E-state index < -0.39 is 0 Å². The van der Waals surface area contributed by atoms with Crippen LogP contribution in [0.1, 0.15) is 31.5 Å². The molecular formula is C15H20N4O2. The smallest absolute Gasteiger partial charge is 0.168 e. The van der Waals surface area contributed by atoms with Crippen LogP contribution in [0.5, 0.6) is 0 Å². The van der Waals surface area contributed by atoms with Gasteiger partial charge in [0, 0.05) is 25.1 Å². The fourth-order valence-corrected chi connectivity index (χ4v) is 3.29. The highest BCUT2D eigenvalue weighted by molar-refractivity contribution is 5.36. The molecule has 0 bridgehead atoms. The molecule has 3 heterocycles. The van der Waals surface area contributed by atoms with Gasteiger partial charge in [-0.2, -0.15) is 0 Å². The molecule has 2 aliphatic rings. The van der Waals surface area contributed by atoms with Crippen molar-refractivity contribution < 1.29 is 9.47 Å². The molecule has 21 heavy (non-hydrogen) atoms. The fourth-order valence-electron chi connectivity index (χ4n) is 3.29. The molecule has 1 saturated carbocycles. The van der Waals surface area contributed by atoms with E-state index in [1.165, 1.54) is 0 Å². The van der Waals surface area contributed by atoms with Gasteiger partial charge in [-0.1, -0.05) is 6.07 Å². The second kappa shape index (κ2) is 5.36. The molecule has 2 aromatic rings. The quantitative estimate of drug-likeness (QED) is 0.927. The SMILES string of the molecule is c1ccn2c(CNC3CCC4(CC3)OCCO4)nnc2c1. The van der Waals surface area contributed by atoms with Gasteiger partial charge in [-0.05, 0) is 25.0 Å². The van der Waals surface area contributed by atoms with Gasteiger partial charge in [-0.25, -0.2) is 0 Å². The lowest BCUT2D eigenvalue weighted by Gasteiger charge is -2.35. The molecule has 4 rings (SSSR count). The van der Waals surface area contributed by atoms with Crippen molar-refractivity contribution in [2.24, 2.45) is 0 Å². The number of hydrogen-bond donors (Lipinski definition) is 1. The van der Waals surface area contributed by atoms with Gasteiger partial charge in [-0.3, -0.25) is 4.40 Å². The Balaban J connectivity index is 1.35. The Labute approximate surface area is 123 Å². The lowest BCUT2D eigenvalue weighted by molar-refractivity contribution is -0.179. The van der Waals surface area contributed by atoms with E-state index in [4.69, 9.17) is 9.47 Å². The maximum atomic E-state index is 5.76. The number of fused-ring (bicyclic) bond motifs is 1. The van der Waals surface area contributed by atoms with Gasteiger partial charge in [0.1, 0.15) is 0 Å². The molecule has 1 spiro atoms. The molecule has 0 amide bonds. The summed E-state index contributed by atoms with van der Waals surface area (Å²) >= 11 is 0. The Kier molecular flexibility index (Phi) is 3.37. The van der Waals surface area contributed by atoms with Crippen LogP contribution in [-0.4, -0.2) is 39.6 Å². The van der Waals surface area contributed by atoms with Crippen LogP contribution in [0.4, 0.5) is 0 Å². The highest BCUT2D eigenvalue weighted by Gasteiger charge is 2.40. The topological polar surface area (TPSA) is 60.7 Å². The number of ether oxygens (including phenoxy) is 2. The molecule has 1 aliphatic heterocycles. The van der Waals surface area contributed by atoms with E-state index in [9.17, 15) is 0 Å². The largest absolute Gasteiger partial charge is 0.348 e. The molecule has 2 aromatic heterocycles. The summed E-state index contributed by atoms with van der Waals surface area (Å²) in [6.45, 7) is 2.22. The van der Waals surface area contributed by atoms with Gasteiger partial charge in [0.05, 0.1) is 19.8 Å². The monoisotopic (exact) mass is 288 g/mol. The zero-order chi connectivity index (χ0) is 14.1. The average Bonchev–Trinajstić information content (AvgIpc) is 3.15. The van der Waals surface area contributed by atoms with Gasteiger partial charge >= 0.3 is 0 Å². The number of hydrogen-bond acceptors (Lipinski definition) is 5. The Morgan fingerprint density at radius 1 is 1.19 bits per heavy atom. The third-order valence-electron chi connectivity index (χ3n) is 4.49. The van der Waals surface area contributed by atoms with Crippen molar-refractivity contribution in [3.63, 3.8) is 0 Å². The highest BCUT2D eigenvalue weighted by atomic mass is 16.7. The minimum atomic E-state index is -0.278. The van der Waals surface area contributed by atoms with E-state index in [2.05, 4.69) is 15.5 Å². The molecule has 6 heteroatoms. The number of nitrogens with zero attached hydrogens (tertiary/aromatic N) is 3. The summed E-state index contributed by atoms with van der Waals surface area (Å²) in [6.07, 6.45) is 6.12. The zero-order valence-corrected chi connectivity index (χ0v) is 12.0. The standard InChI is InChI=1S/C15H20N4O2/c1-2-8-19-13(3-1)17-18-14(19)11-16-12-4-6-15(7-5-12)20-9-10-21-15/h1-3,8,12,16H,4-7,9-11H2. The predicted molar refractivity (Wildman–Crippen MR) is 76.7 cm³/mol. The summed E-state index contributed by atoms with van der Waals surface area (Å²) in [5, 5.41) is 12.0. The van der Waals surface area contributed by atoms with Crippen LogP contribution >= 0.6 is 0 Å². The van der Waals surface area contributed by atoms with Crippen molar-refractivity contribution in [2.75, 3.05) is 13.2 Å². The van der Waals surface area contributed by atoms with E-state index in [0.717, 1.165) is 56.9 Å². The summed E-state index contributed by atoms with van der Waals surface area (Å²) < 4.78 is 13.6. The van der Waals surface area contributed by atoms with E-state index in [1.54, 1.807) is 0 Å². The molecule has 1 N–H and O–H groups in total. The first kappa shape index (κ1) is 13.2. The maximum Gasteiger partial charge on any atom is 0.168 e. The summed E-state index contributed by atoms with van der Waals surface area (Å²) in [6, 6.07) is 6.44. The Morgan fingerprint density at radius 3 is 2.81 bits per heavy atom. The van der Waals surface area contributed by atoms with Crippen LogP contribution in [-0.2, 0) is 16.0 Å². The van der Waals surface area contributed by atoms with Gasteiger partial charge in [0.2, 0.25) is 0 Å². The van der Waals surface area contributed by atoms with Gasteiger partial charge in [0.15, 0.2) is 17.3 Å². The summed E-state index contributed by atoms with van der Waals surface area (Å²) in [5.41, 5.74) is 0.893. The van der Waals surface area contributed by atoms with Crippen molar-refractivity contribution >= 4 is 5.65 Å². The fraction of sp³-hybridized carbons (Fsp3) is 0.600. The van der Waals surface area contributed by atoms with Crippen LogP contribution in [0, 0.1) is 0 Å². The van der Waals surface area contributed by atoms with Crippen LogP contribution in [0.2, 0.25) is 0 Å². The Hall–Kier alpha value is -1.50. The Morgan fingerprint density at radius 2 is 2.00 bits per heavy atom. The average molecular weight is 288 g/mol. The minimum absolute atomic E-state index is 0.278. The van der Waals surface area contributed by atoms with Crippen LogP contribution < -0.4 is 5.32 Å². The molecule has 0 atom stereocenters. The number of rotatable bonds is 3. The highest BCUT2D eigenvalue weighted by Crippen LogP contribution is 2.35. The third kappa shape index (κ3) is 2.54. The molecule has 0 unspecified atom stereocenters. The lowest BCUT2D eigenvalue weighted by Crippen LogP contribution is -2.42. The van der Waals surface area contributed by atoms with E-state index in [-0.39, 0.29) is 5.79 Å². The van der Waals surface area contributed by atoms with Crippen molar-refractivity contribution in [1.82, 2.24) is 19.9 Å². The third-order valence-corrected chi connectivity index (χ3v) is 4.49. The van der Waals surface area contributed by atoms with Crippen molar-refractivity contribution in [3.8, 4) is 0 Å². The molecule has 112 valence electrons. The lowest BCUT2D eigenvalue weighted by atomic mass is 9.90. The number of aromatic nitrogens is 3. The number of nitrogens with one attached hydrogen (secondary N) is 1.